The van der Waals surface area contributed by atoms with E-state index in [0.29, 0.717) is 17.6 Å². The fourth-order valence-corrected chi connectivity index (χ4v) is 2.81. The van der Waals surface area contributed by atoms with Crippen molar-refractivity contribution in [3.63, 3.8) is 0 Å². The summed E-state index contributed by atoms with van der Waals surface area (Å²) in [7, 11) is 0. The number of aromatic nitrogens is 3. The van der Waals surface area contributed by atoms with Crippen LogP contribution in [0.3, 0.4) is 0 Å². The van der Waals surface area contributed by atoms with Crippen molar-refractivity contribution in [2.24, 2.45) is 0 Å². The Morgan fingerprint density at radius 2 is 2.04 bits per heavy atom. The van der Waals surface area contributed by atoms with Gasteiger partial charge in [-0.2, -0.15) is 0 Å². The fraction of sp³-hybridized carbons (Fsp3) is 0.500. The van der Waals surface area contributed by atoms with Crippen LogP contribution in [0.5, 0.6) is 0 Å². The topological polar surface area (TPSA) is 77.3 Å². The molecule has 0 bridgehead atoms. The van der Waals surface area contributed by atoms with Crippen LogP contribution >= 0.6 is 0 Å². The minimum atomic E-state index is -0.775. The van der Waals surface area contributed by atoms with E-state index >= 15 is 0 Å². The van der Waals surface area contributed by atoms with Gasteiger partial charge >= 0.3 is 5.97 Å². The Kier molecular flexibility index (Phi) is 4.27. The number of esters is 1. The molecule has 1 aromatic heterocycles. The third kappa shape index (κ3) is 3.04. The molecule has 0 radical (unpaired) electrons. The Balaban J connectivity index is 1.71. The largest absolute Gasteiger partial charge is 0.449 e. The van der Waals surface area contributed by atoms with Gasteiger partial charge in [0.1, 0.15) is 5.52 Å². The lowest BCUT2D eigenvalue weighted by atomic mass is 10.2. The Morgan fingerprint density at radius 3 is 2.74 bits per heavy atom. The zero-order valence-corrected chi connectivity index (χ0v) is 13.4. The maximum Gasteiger partial charge on any atom is 0.338 e. The molecular weight excluding hydrogens is 296 g/mol. The number of nitrogens with zero attached hydrogens (tertiary/aromatic N) is 4. The van der Waals surface area contributed by atoms with E-state index in [-0.39, 0.29) is 5.91 Å². The molecule has 0 unspecified atom stereocenters. The summed E-state index contributed by atoms with van der Waals surface area (Å²) in [5.74, 6) is -0.646. The molecule has 3 rings (SSSR count). The van der Waals surface area contributed by atoms with Crippen molar-refractivity contribution in [2.45, 2.75) is 39.3 Å². The van der Waals surface area contributed by atoms with Gasteiger partial charge < -0.3 is 9.64 Å². The van der Waals surface area contributed by atoms with Gasteiger partial charge in [-0.1, -0.05) is 5.21 Å². The molecule has 122 valence electrons. The summed E-state index contributed by atoms with van der Waals surface area (Å²) in [5, 5.41) is 8.05. The summed E-state index contributed by atoms with van der Waals surface area (Å²) in [6, 6.07) is 5.11. The number of rotatable bonds is 4. The van der Waals surface area contributed by atoms with Crippen molar-refractivity contribution in [1.29, 1.82) is 0 Å². The van der Waals surface area contributed by atoms with E-state index < -0.39 is 12.1 Å². The highest BCUT2D eigenvalue weighted by Gasteiger charge is 2.26. The number of benzene rings is 1. The van der Waals surface area contributed by atoms with Gasteiger partial charge in [-0.15, -0.1) is 5.10 Å². The van der Waals surface area contributed by atoms with Crippen LogP contribution in [0.4, 0.5) is 0 Å². The first kappa shape index (κ1) is 15.5. The summed E-state index contributed by atoms with van der Waals surface area (Å²) >= 11 is 0. The molecular formula is C16H20N4O3. The van der Waals surface area contributed by atoms with Crippen LogP contribution in [0.15, 0.2) is 18.2 Å². The summed E-state index contributed by atoms with van der Waals surface area (Å²) in [6.45, 7) is 5.79. The first-order chi connectivity index (χ1) is 11.1. The van der Waals surface area contributed by atoms with Crippen LogP contribution in [0.2, 0.25) is 0 Å². The summed E-state index contributed by atoms with van der Waals surface area (Å²) in [6.07, 6.45) is 1.24. The molecule has 1 saturated heterocycles. The maximum atomic E-state index is 12.2. The SMILES string of the molecule is CCn1nnc2cc(C(=O)O[C@H](C)C(=O)N3CCCC3)ccc21. The van der Waals surface area contributed by atoms with Gasteiger partial charge in [0.05, 0.1) is 11.1 Å². The van der Waals surface area contributed by atoms with Gasteiger partial charge in [0.25, 0.3) is 5.91 Å². The number of hydrogen-bond donors (Lipinski definition) is 0. The fourth-order valence-electron chi connectivity index (χ4n) is 2.81. The number of hydrogen-bond acceptors (Lipinski definition) is 5. The van der Waals surface area contributed by atoms with Crippen LogP contribution in [0.1, 0.15) is 37.0 Å². The predicted molar refractivity (Wildman–Crippen MR) is 83.9 cm³/mol. The Hall–Kier alpha value is -2.44. The van der Waals surface area contributed by atoms with Gasteiger partial charge in [-0.05, 0) is 44.9 Å². The second kappa shape index (κ2) is 6.36. The summed E-state index contributed by atoms with van der Waals surface area (Å²) in [5.41, 5.74) is 1.88. The van der Waals surface area contributed by atoms with E-state index in [1.807, 2.05) is 6.92 Å². The molecule has 7 nitrogen and oxygen atoms in total. The molecule has 7 heteroatoms. The zero-order valence-electron chi connectivity index (χ0n) is 13.4. The maximum absolute atomic E-state index is 12.2. The number of aryl methyl sites for hydroxylation is 1. The lowest BCUT2D eigenvalue weighted by molar-refractivity contribution is -0.138. The van der Waals surface area contributed by atoms with Gasteiger partial charge in [0.15, 0.2) is 6.10 Å². The van der Waals surface area contributed by atoms with Crippen LogP contribution in [0.25, 0.3) is 11.0 Å². The van der Waals surface area contributed by atoms with Crippen LogP contribution in [-0.4, -0.2) is 51.0 Å². The van der Waals surface area contributed by atoms with Crippen molar-refractivity contribution in [2.75, 3.05) is 13.1 Å². The number of likely N-dealkylation sites (tertiary alicyclic amines) is 1. The number of carbonyl (C=O) groups is 2. The number of amides is 1. The zero-order chi connectivity index (χ0) is 16.4. The van der Waals surface area contributed by atoms with Crippen molar-refractivity contribution in [3.8, 4) is 0 Å². The molecule has 2 heterocycles. The lowest BCUT2D eigenvalue weighted by Gasteiger charge is -2.20. The second-order valence-corrected chi connectivity index (χ2v) is 5.69. The standard InChI is InChI=1S/C16H20N4O3/c1-3-20-14-7-6-12(10-13(14)17-18-20)16(22)23-11(2)15(21)19-8-4-5-9-19/h6-7,10-11H,3-5,8-9H2,1-2H3/t11-/m1/s1. The first-order valence-corrected chi connectivity index (χ1v) is 7.93. The highest BCUT2D eigenvalue weighted by Crippen LogP contribution is 2.16. The van der Waals surface area contributed by atoms with Gasteiger partial charge in [-0.25, -0.2) is 9.48 Å². The summed E-state index contributed by atoms with van der Waals surface area (Å²) < 4.78 is 7.06. The van der Waals surface area contributed by atoms with E-state index in [9.17, 15) is 9.59 Å². The first-order valence-electron chi connectivity index (χ1n) is 7.93. The highest BCUT2D eigenvalue weighted by atomic mass is 16.5. The second-order valence-electron chi connectivity index (χ2n) is 5.69. The molecule has 1 atom stereocenters. The number of ether oxygens (including phenoxy) is 1. The van der Waals surface area contributed by atoms with E-state index in [1.165, 1.54) is 0 Å². The lowest BCUT2D eigenvalue weighted by Crippen LogP contribution is -2.38. The average molecular weight is 316 g/mol. The van der Waals surface area contributed by atoms with E-state index in [0.717, 1.165) is 31.4 Å². The molecule has 2 aromatic rings. The third-order valence-electron chi connectivity index (χ3n) is 4.10. The van der Waals surface area contributed by atoms with E-state index in [2.05, 4.69) is 10.3 Å². The Bertz CT molecular complexity index is 734. The minimum absolute atomic E-state index is 0.131. The smallest absolute Gasteiger partial charge is 0.338 e. The van der Waals surface area contributed by atoms with Gasteiger partial charge in [0, 0.05) is 19.6 Å². The van der Waals surface area contributed by atoms with Crippen LogP contribution in [0, 0.1) is 0 Å². The molecule has 23 heavy (non-hydrogen) atoms. The van der Waals surface area contributed by atoms with Crippen molar-refractivity contribution >= 4 is 22.9 Å². The van der Waals surface area contributed by atoms with Crippen molar-refractivity contribution < 1.29 is 14.3 Å². The molecule has 1 aliphatic rings. The normalized spacial score (nSPS) is 15.8. The molecule has 0 aliphatic carbocycles. The third-order valence-corrected chi connectivity index (χ3v) is 4.10. The van der Waals surface area contributed by atoms with E-state index in [4.69, 9.17) is 4.74 Å². The number of fused-ring (bicyclic) bond motifs is 1. The quantitative estimate of drug-likeness (QED) is 0.801. The van der Waals surface area contributed by atoms with E-state index in [1.54, 1.807) is 34.7 Å². The molecule has 0 N–H and O–H groups in total. The number of carbonyl (C=O) groups excluding carboxylic acids is 2. The van der Waals surface area contributed by atoms with Crippen LogP contribution in [-0.2, 0) is 16.1 Å². The van der Waals surface area contributed by atoms with Gasteiger partial charge in [0.2, 0.25) is 0 Å². The Labute approximate surface area is 134 Å². The molecule has 1 amide bonds. The van der Waals surface area contributed by atoms with Crippen molar-refractivity contribution in [3.05, 3.63) is 23.8 Å². The highest BCUT2D eigenvalue weighted by molar-refractivity contribution is 5.95. The van der Waals surface area contributed by atoms with Crippen LogP contribution < -0.4 is 0 Å². The van der Waals surface area contributed by atoms with Crippen molar-refractivity contribution in [1.82, 2.24) is 19.9 Å². The average Bonchev–Trinajstić information content (AvgIpc) is 3.22. The molecule has 0 saturated carbocycles. The minimum Gasteiger partial charge on any atom is -0.449 e. The predicted octanol–water partition coefficient (Wildman–Crippen LogP) is 1.62. The molecule has 1 aliphatic heterocycles. The molecule has 1 fully saturated rings. The Morgan fingerprint density at radius 1 is 1.30 bits per heavy atom. The monoisotopic (exact) mass is 316 g/mol. The van der Waals surface area contributed by atoms with Gasteiger partial charge in [-0.3, -0.25) is 4.79 Å². The summed E-state index contributed by atoms with van der Waals surface area (Å²) in [4.78, 5) is 26.2. The molecule has 0 spiro atoms. The molecule has 1 aromatic carbocycles.